The number of H-pyrrole nitrogens is 1. The van der Waals surface area contributed by atoms with Gasteiger partial charge in [-0.1, -0.05) is 65.8 Å². The predicted molar refractivity (Wildman–Crippen MR) is 181 cm³/mol. The molecule has 244 valence electrons. The monoisotopic (exact) mass is 620 g/mol. The summed E-state index contributed by atoms with van der Waals surface area (Å²) in [6, 6.07) is 15.1. The Morgan fingerprint density at radius 2 is 1.71 bits per heavy atom. The van der Waals surface area contributed by atoms with Gasteiger partial charge in [0.05, 0.1) is 18.9 Å². The van der Waals surface area contributed by atoms with E-state index < -0.39 is 0 Å². The SMILES string of the molecule is CC(C)(C)c1cc(COCCN)ccc1F.CC(C)(C)c1cc2cn(-c3ccc(CNCCCN=C(N)N)cc3)c(=O)nc2[nH]1. The maximum absolute atomic E-state index is 13.6. The Morgan fingerprint density at radius 1 is 1.02 bits per heavy atom. The third-order valence-corrected chi connectivity index (χ3v) is 7.04. The molecule has 2 heterocycles. The highest BCUT2D eigenvalue weighted by molar-refractivity contribution is 5.76. The molecule has 0 spiro atoms. The molecule has 10 nitrogen and oxygen atoms in total. The van der Waals surface area contributed by atoms with E-state index in [2.05, 4.69) is 47.1 Å². The third-order valence-electron chi connectivity index (χ3n) is 7.04. The highest BCUT2D eigenvalue weighted by Crippen LogP contribution is 2.26. The molecule has 0 atom stereocenters. The summed E-state index contributed by atoms with van der Waals surface area (Å²) in [5.74, 6) is -0.0344. The third kappa shape index (κ3) is 10.8. The van der Waals surface area contributed by atoms with E-state index in [0.29, 0.717) is 32.0 Å². The fourth-order valence-electron chi connectivity index (χ4n) is 4.51. The second-order valence-corrected chi connectivity index (χ2v) is 13.0. The number of nitrogens with zero attached hydrogens (tertiary/aromatic N) is 3. The molecule has 0 saturated heterocycles. The van der Waals surface area contributed by atoms with E-state index in [1.807, 2.05) is 57.3 Å². The number of hydrogen-bond acceptors (Lipinski definition) is 6. The summed E-state index contributed by atoms with van der Waals surface area (Å²) in [6.07, 6.45) is 2.71. The molecule has 2 aromatic carbocycles. The lowest BCUT2D eigenvalue weighted by atomic mass is 9.86. The zero-order valence-corrected chi connectivity index (χ0v) is 27.4. The van der Waals surface area contributed by atoms with Gasteiger partial charge >= 0.3 is 5.69 Å². The van der Waals surface area contributed by atoms with Crippen molar-refractivity contribution < 1.29 is 9.13 Å². The van der Waals surface area contributed by atoms with Gasteiger partial charge in [-0.05, 0) is 59.3 Å². The van der Waals surface area contributed by atoms with E-state index in [-0.39, 0.29) is 28.3 Å². The van der Waals surface area contributed by atoms with Crippen LogP contribution in [0.1, 0.15) is 70.3 Å². The molecule has 0 saturated carbocycles. The standard InChI is InChI=1S/C21H29N7O.C13H20FNO/c1-21(2,3)17-11-15-13-28(20(29)27-18(15)26-17)16-7-5-14(6-8-16)12-24-9-4-10-25-19(22)23;1-13(2,3)11-8-10(4-5-12(11)14)9-16-7-6-15/h5-8,11,13,24H,4,9-10,12H2,1-3H3,(H4,22,23,25)(H,26,27,29);4-5,8H,6-7,9,15H2,1-3H3. The maximum Gasteiger partial charge on any atom is 0.354 e. The molecular formula is C34H49FN8O2. The molecule has 0 aliphatic carbocycles. The number of aromatic amines is 1. The van der Waals surface area contributed by atoms with Crippen LogP contribution in [0, 0.1) is 5.82 Å². The number of halogens is 1. The zero-order chi connectivity index (χ0) is 33.2. The van der Waals surface area contributed by atoms with Crippen molar-refractivity contribution in [3.05, 3.63) is 93.4 Å². The lowest BCUT2D eigenvalue weighted by molar-refractivity contribution is 0.128. The average molecular weight is 621 g/mol. The normalized spacial score (nSPS) is 11.7. The van der Waals surface area contributed by atoms with Gasteiger partial charge in [-0.2, -0.15) is 4.98 Å². The van der Waals surface area contributed by atoms with Gasteiger partial charge < -0.3 is 32.2 Å². The van der Waals surface area contributed by atoms with E-state index in [1.54, 1.807) is 10.6 Å². The van der Waals surface area contributed by atoms with Crippen LogP contribution in [0.15, 0.2) is 64.5 Å². The van der Waals surface area contributed by atoms with Crippen molar-refractivity contribution in [2.75, 3.05) is 26.2 Å². The molecule has 0 aliphatic heterocycles. The Bertz CT molecular complexity index is 1610. The van der Waals surface area contributed by atoms with Crippen molar-refractivity contribution in [3.63, 3.8) is 0 Å². The first-order chi connectivity index (χ1) is 21.2. The van der Waals surface area contributed by atoms with Crippen molar-refractivity contribution in [1.82, 2.24) is 19.9 Å². The van der Waals surface area contributed by atoms with Crippen molar-refractivity contribution in [3.8, 4) is 5.69 Å². The van der Waals surface area contributed by atoms with Gasteiger partial charge in [0.1, 0.15) is 11.5 Å². The highest BCUT2D eigenvalue weighted by Gasteiger charge is 2.19. The van der Waals surface area contributed by atoms with Gasteiger partial charge in [0, 0.05) is 42.3 Å². The van der Waals surface area contributed by atoms with Gasteiger partial charge in [0.25, 0.3) is 0 Å². The molecular weight excluding hydrogens is 571 g/mol. The lowest BCUT2D eigenvalue weighted by Gasteiger charge is -2.20. The van der Waals surface area contributed by atoms with Gasteiger partial charge in [-0.25, -0.2) is 9.18 Å². The molecule has 4 aromatic rings. The molecule has 0 aliphatic rings. The number of rotatable bonds is 11. The number of aromatic nitrogens is 3. The van der Waals surface area contributed by atoms with E-state index in [1.165, 1.54) is 6.07 Å². The summed E-state index contributed by atoms with van der Waals surface area (Å²) >= 11 is 0. The van der Waals surface area contributed by atoms with Crippen LogP contribution in [0.25, 0.3) is 16.7 Å². The van der Waals surface area contributed by atoms with Gasteiger partial charge in [0.15, 0.2) is 5.96 Å². The molecule has 0 amide bonds. The number of hydrogen-bond donors (Lipinski definition) is 5. The van der Waals surface area contributed by atoms with Crippen LogP contribution < -0.4 is 28.2 Å². The average Bonchev–Trinajstić information content (AvgIpc) is 3.39. The predicted octanol–water partition coefficient (Wildman–Crippen LogP) is 4.36. The number of ether oxygens (including phenoxy) is 1. The number of nitrogens with two attached hydrogens (primary N) is 3. The lowest BCUT2D eigenvalue weighted by Crippen LogP contribution is -2.23. The number of guanidine groups is 1. The molecule has 0 radical (unpaired) electrons. The van der Waals surface area contributed by atoms with E-state index in [9.17, 15) is 9.18 Å². The number of aliphatic imine (C=N–C) groups is 1. The summed E-state index contributed by atoms with van der Waals surface area (Å²) in [4.78, 5) is 23.9. The minimum atomic E-state index is -0.301. The second kappa shape index (κ2) is 15.8. The Labute approximate surface area is 265 Å². The first-order valence-corrected chi connectivity index (χ1v) is 15.2. The molecule has 0 fully saturated rings. The Hall–Kier alpha value is -4.06. The van der Waals surface area contributed by atoms with Crippen LogP contribution in [-0.2, 0) is 28.7 Å². The molecule has 2 aromatic heterocycles. The summed E-state index contributed by atoms with van der Waals surface area (Å²) < 4.78 is 20.5. The fraction of sp³-hybridized carbons (Fsp3) is 0.441. The van der Waals surface area contributed by atoms with Crippen LogP contribution in [0.3, 0.4) is 0 Å². The molecule has 0 bridgehead atoms. The molecule has 4 rings (SSSR count). The Balaban J connectivity index is 0.000000292. The van der Waals surface area contributed by atoms with Crippen LogP contribution in [0.4, 0.5) is 4.39 Å². The quantitative estimate of drug-likeness (QED) is 0.0945. The van der Waals surface area contributed by atoms with Crippen molar-refractivity contribution in [2.45, 2.75) is 71.9 Å². The molecule has 8 N–H and O–H groups in total. The van der Waals surface area contributed by atoms with Crippen molar-refractivity contribution in [1.29, 1.82) is 0 Å². The van der Waals surface area contributed by atoms with Crippen LogP contribution in [-0.4, -0.2) is 46.7 Å². The first kappa shape index (κ1) is 35.4. The smallest absolute Gasteiger partial charge is 0.354 e. The maximum atomic E-state index is 13.6. The molecule has 0 unspecified atom stereocenters. The number of fused-ring (bicyclic) bond motifs is 1. The summed E-state index contributed by atoms with van der Waals surface area (Å²) in [6.45, 7) is 16.1. The number of benzene rings is 2. The topological polar surface area (TPSA) is 162 Å². The van der Waals surface area contributed by atoms with Crippen LogP contribution in [0.2, 0.25) is 0 Å². The summed E-state index contributed by atoms with van der Waals surface area (Å²) in [7, 11) is 0. The van der Waals surface area contributed by atoms with Crippen molar-refractivity contribution in [2.24, 2.45) is 22.2 Å². The number of nitrogens with one attached hydrogen (secondary N) is 2. The Morgan fingerprint density at radius 3 is 2.33 bits per heavy atom. The zero-order valence-electron chi connectivity index (χ0n) is 27.4. The highest BCUT2D eigenvalue weighted by atomic mass is 19.1. The molecule has 11 heteroatoms. The largest absolute Gasteiger partial charge is 0.375 e. The molecule has 45 heavy (non-hydrogen) atoms. The van der Waals surface area contributed by atoms with E-state index >= 15 is 0 Å². The Kier molecular flexibility index (Phi) is 12.4. The van der Waals surface area contributed by atoms with Gasteiger partial charge in [0.2, 0.25) is 0 Å². The van der Waals surface area contributed by atoms with Crippen LogP contribution >= 0.6 is 0 Å². The minimum Gasteiger partial charge on any atom is -0.375 e. The van der Waals surface area contributed by atoms with Gasteiger partial charge in [-0.15, -0.1) is 0 Å². The van der Waals surface area contributed by atoms with Crippen molar-refractivity contribution >= 4 is 17.0 Å². The second-order valence-electron chi connectivity index (χ2n) is 13.0. The van der Waals surface area contributed by atoms with E-state index in [0.717, 1.165) is 53.0 Å². The minimum absolute atomic E-state index is 0.0352. The first-order valence-electron chi connectivity index (χ1n) is 15.2. The van der Waals surface area contributed by atoms with Crippen LogP contribution in [0.5, 0.6) is 0 Å². The fourth-order valence-corrected chi connectivity index (χ4v) is 4.51. The summed E-state index contributed by atoms with van der Waals surface area (Å²) in [5.41, 5.74) is 20.7. The van der Waals surface area contributed by atoms with Gasteiger partial charge in [-0.3, -0.25) is 9.56 Å². The summed E-state index contributed by atoms with van der Waals surface area (Å²) in [5, 5.41) is 4.27. The van der Waals surface area contributed by atoms with E-state index in [4.69, 9.17) is 21.9 Å².